The highest BCUT2D eigenvalue weighted by molar-refractivity contribution is 5.30. The molecule has 0 spiro atoms. The molecule has 0 radical (unpaired) electrons. The van der Waals surface area contributed by atoms with Crippen LogP contribution in [0.15, 0.2) is 40.8 Å². The summed E-state index contributed by atoms with van der Waals surface area (Å²) in [5.41, 5.74) is 8.70. The SMILES string of the molecule is CCc1ccccc1C(CN)N(C)Cc1ccc(C)o1. The predicted molar refractivity (Wildman–Crippen MR) is 82.5 cm³/mol. The molecule has 2 rings (SSSR count). The van der Waals surface area contributed by atoms with Crippen LogP contribution in [0.1, 0.15) is 35.6 Å². The maximum atomic E-state index is 6.02. The lowest BCUT2D eigenvalue weighted by atomic mass is 9.97. The molecule has 1 aromatic carbocycles. The molecule has 0 bridgehead atoms. The number of hydrogen-bond acceptors (Lipinski definition) is 3. The summed E-state index contributed by atoms with van der Waals surface area (Å²) < 4.78 is 5.66. The molecule has 2 aromatic rings. The van der Waals surface area contributed by atoms with Gasteiger partial charge in [-0.1, -0.05) is 31.2 Å². The van der Waals surface area contributed by atoms with Gasteiger partial charge in [0, 0.05) is 12.6 Å². The van der Waals surface area contributed by atoms with Gasteiger partial charge < -0.3 is 10.2 Å². The minimum Gasteiger partial charge on any atom is -0.465 e. The molecule has 0 saturated carbocycles. The topological polar surface area (TPSA) is 42.4 Å². The summed E-state index contributed by atoms with van der Waals surface area (Å²) in [5, 5.41) is 0. The Bertz CT molecular complexity index is 547. The number of likely N-dealkylation sites (N-methyl/N-ethyl adjacent to an activating group) is 1. The van der Waals surface area contributed by atoms with E-state index in [1.54, 1.807) is 0 Å². The molecule has 0 aliphatic carbocycles. The second kappa shape index (κ2) is 6.73. The van der Waals surface area contributed by atoms with Crippen LogP contribution in [0.5, 0.6) is 0 Å². The lowest BCUT2D eigenvalue weighted by molar-refractivity contribution is 0.221. The molecule has 0 aliphatic rings. The van der Waals surface area contributed by atoms with E-state index in [1.807, 2.05) is 19.1 Å². The maximum absolute atomic E-state index is 6.02. The monoisotopic (exact) mass is 272 g/mol. The first-order valence-corrected chi connectivity index (χ1v) is 7.19. The molecule has 1 heterocycles. The summed E-state index contributed by atoms with van der Waals surface area (Å²) in [6.07, 6.45) is 1.03. The van der Waals surface area contributed by atoms with Crippen molar-refractivity contribution in [1.82, 2.24) is 4.90 Å². The van der Waals surface area contributed by atoms with E-state index in [4.69, 9.17) is 10.2 Å². The molecule has 0 aliphatic heterocycles. The van der Waals surface area contributed by atoms with Crippen LogP contribution < -0.4 is 5.73 Å². The molecule has 2 N–H and O–H groups in total. The quantitative estimate of drug-likeness (QED) is 0.877. The van der Waals surface area contributed by atoms with Gasteiger partial charge in [-0.05, 0) is 43.7 Å². The maximum Gasteiger partial charge on any atom is 0.118 e. The largest absolute Gasteiger partial charge is 0.465 e. The minimum absolute atomic E-state index is 0.219. The fraction of sp³-hybridized carbons (Fsp3) is 0.412. The van der Waals surface area contributed by atoms with Crippen LogP contribution in [0, 0.1) is 6.92 Å². The van der Waals surface area contributed by atoms with Gasteiger partial charge in [0.2, 0.25) is 0 Å². The summed E-state index contributed by atoms with van der Waals surface area (Å²) in [5.74, 6) is 1.93. The lowest BCUT2D eigenvalue weighted by Crippen LogP contribution is -2.30. The molecule has 108 valence electrons. The highest BCUT2D eigenvalue weighted by atomic mass is 16.3. The van der Waals surface area contributed by atoms with Gasteiger partial charge in [0.15, 0.2) is 0 Å². The Morgan fingerprint density at radius 2 is 1.95 bits per heavy atom. The molecule has 0 saturated heterocycles. The summed E-state index contributed by atoms with van der Waals surface area (Å²) in [6.45, 7) is 5.53. The van der Waals surface area contributed by atoms with Crippen molar-refractivity contribution in [2.24, 2.45) is 5.73 Å². The van der Waals surface area contributed by atoms with Crippen molar-refractivity contribution in [3.8, 4) is 0 Å². The van der Waals surface area contributed by atoms with Crippen LogP contribution >= 0.6 is 0 Å². The van der Waals surface area contributed by atoms with Gasteiger partial charge in [-0.3, -0.25) is 4.90 Å². The average molecular weight is 272 g/mol. The van der Waals surface area contributed by atoms with Crippen molar-refractivity contribution in [3.63, 3.8) is 0 Å². The summed E-state index contributed by atoms with van der Waals surface area (Å²) in [7, 11) is 2.10. The number of rotatable bonds is 6. The van der Waals surface area contributed by atoms with E-state index >= 15 is 0 Å². The van der Waals surface area contributed by atoms with Crippen LogP contribution in [0.3, 0.4) is 0 Å². The number of nitrogens with two attached hydrogens (primary N) is 1. The van der Waals surface area contributed by atoms with E-state index in [0.717, 1.165) is 24.5 Å². The third-order valence-corrected chi connectivity index (χ3v) is 3.75. The van der Waals surface area contributed by atoms with E-state index in [1.165, 1.54) is 11.1 Å². The zero-order valence-corrected chi connectivity index (χ0v) is 12.6. The van der Waals surface area contributed by atoms with Gasteiger partial charge in [-0.15, -0.1) is 0 Å². The van der Waals surface area contributed by atoms with Crippen LogP contribution in [0.4, 0.5) is 0 Å². The van der Waals surface area contributed by atoms with Crippen LogP contribution in [0.2, 0.25) is 0 Å². The number of hydrogen-bond donors (Lipinski definition) is 1. The second-order valence-corrected chi connectivity index (χ2v) is 5.23. The lowest BCUT2D eigenvalue weighted by Gasteiger charge is -2.28. The first kappa shape index (κ1) is 14.8. The molecule has 0 fully saturated rings. The number of furan rings is 1. The van der Waals surface area contributed by atoms with Crippen molar-refractivity contribution >= 4 is 0 Å². The van der Waals surface area contributed by atoms with E-state index in [-0.39, 0.29) is 6.04 Å². The van der Waals surface area contributed by atoms with Crippen molar-refractivity contribution in [1.29, 1.82) is 0 Å². The number of benzene rings is 1. The van der Waals surface area contributed by atoms with Gasteiger partial charge in [-0.2, -0.15) is 0 Å². The Morgan fingerprint density at radius 1 is 1.20 bits per heavy atom. The van der Waals surface area contributed by atoms with E-state index in [9.17, 15) is 0 Å². The fourth-order valence-corrected chi connectivity index (χ4v) is 2.65. The van der Waals surface area contributed by atoms with Crippen molar-refractivity contribution in [2.45, 2.75) is 32.9 Å². The molecule has 0 amide bonds. The van der Waals surface area contributed by atoms with Gasteiger partial charge in [0.05, 0.1) is 6.54 Å². The Hall–Kier alpha value is -1.58. The zero-order valence-electron chi connectivity index (χ0n) is 12.6. The first-order chi connectivity index (χ1) is 9.65. The van der Waals surface area contributed by atoms with Crippen LogP contribution in [-0.2, 0) is 13.0 Å². The Kier molecular flexibility index (Phi) is 4.99. The van der Waals surface area contributed by atoms with Gasteiger partial charge in [0.1, 0.15) is 11.5 Å². The minimum atomic E-state index is 0.219. The third-order valence-electron chi connectivity index (χ3n) is 3.75. The summed E-state index contributed by atoms with van der Waals surface area (Å²) in [6, 6.07) is 12.8. The van der Waals surface area contributed by atoms with Crippen LogP contribution in [-0.4, -0.2) is 18.5 Å². The zero-order chi connectivity index (χ0) is 14.5. The van der Waals surface area contributed by atoms with Crippen molar-refractivity contribution < 1.29 is 4.42 Å². The van der Waals surface area contributed by atoms with Gasteiger partial charge in [-0.25, -0.2) is 0 Å². The fourth-order valence-electron chi connectivity index (χ4n) is 2.65. The van der Waals surface area contributed by atoms with E-state index in [0.29, 0.717) is 6.54 Å². The third kappa shape index (κ3) is 3.30. The molecule has 3 nitrogen and oxygen atoms in total. The summed E-state index contributed by atoms with van der Waals surface area (Å²) >= 11 is 0. The van der Waals surface area contributed by atoms with E-state index < -0.39 is 0 Å². The van der Waals surface area contributed by atoms with E-state index in [2.05, 4.69) is 43.1 Å². The Labute approximate surface area is 121 Å². The molecule has 3 heteroatoms. The molecule has 1 unspecified atom stereocenters. The standard InChI is InChI=1S/C17H24N2O/c1-4-14-7-5-6-8-16(14)17(11-18)19(3)12-15-10-9-13(2)20-15/h5-10,17H,4,11-12,18H2,1-3H3. The predicted octanol–water partition coefficient (Wildman–Crippen LogP) is 3.28. The number of nitrogens with zero attached hydrogens (tertiary/aromatic N) is 1. The normalized spacial score (nSPS) is 12.8. The molecule has 20 heavy (non-hydrogen) atoms. The van der Waals surface area contributed by atoms with Gasteiger partial charge in [0.25, 0.3) is 0 Å². The van der Waals surface area contributed by atoms with Crippen molar-refractivity contribution in [3.05, 3.63) is 59.0 Å². The first-order valence-electron chi connectivity index (χ1n) is 7.19. The second-order valence-electron chi connectivity index (χ2n) is 5.23. The van der Waals surface area contributed by atoms with Crippen molar-refractivity contribution in [2.75, 3.05) is 13.6 Å². The number of aryl methyl sites for hydroxylation is 2. The summed E-state index contributed by atoms with van der Waals surface area (Å²) in [4.78, 5) is 2.26. The van der Waals surface area contributed by atoms with Gasteiger partial charge >= 0.3 is 0 Å². The highest BCUT2D eigenvalue weighted by Gasteiger charge is 2.18. The highest BCUT2D eigenvalue weighted by Crippen LogP contribution is 2.24. The molecule has 1 aromatic heterocycles. The molecular formula is C17H24N2O. The average Bonchev–Trinajstić information content (AvgIpc) is 2.85. The molecular weight excluding hydrogens is 248 g/mol. The molecule has 1 atom stereocenters. The Balaban J connectivity index is 2.18. The smallest absolute Gasteiger partial charge is 0.118 e. The Morgan fingerprint density at radius 3 is 2.55 bits per heavy atom. The van der Waals surface area contributed by atoms with Crippen LogP contribution in [0.25, 0.3) is 0 Å².